The zero-order valence-electron chi connectivity index (χ0n) is 15.9. The largest absolute Gasteiger partial charge is 0.276 e. The van der Waals surface area contributed by atoms with Crippen molar-refractivity contribution in [3.8, 4) is 0 Å². The number of fused-ring (bicyclic) bond motifs is 2. The quantitative estimate of drug-likeness (QED) is 0.605. The Bertz CT molecular complexity index is 1170. The molecule has 2 heterocycles. The van der Waals surface area contributed by atoms with Gasteiger partial charge in [0.2, 0.25) is 20.0 Å². The third kappa shape index (κ3) is 4.88. The molecule has 0 saturated carbocycles. The molecule has 2 aliphatic heterocycles. The molecule has 0 radical (unpaired) electrons. The lowest BCUT2D eigenvalue weighted by molar-refractivity contribution is 0.152. The van der Waals surface area contributed by atoms with Gasteiger partial charge in [-0.15, -0.1) is 23.5 Å². The number of thioether (sulfide) groups is 2. The Morgan fingerprint density at radius 2 is 1.16 bits per heavy atom. The highest BCUT2D eigenvalue weighted by Crippen LogP contribution is 2.40. The standard InChI is InChI=1S/C17H18Cl2N4O4S4/c18-16-10-5-22(8-28-12(10)1-3-14(16)30(20,24)25)7-23-6-11-13(29-9-23)2-4-15(17(11)19)31(21,26)27/h1-4H,5-9H2,(H2,20,24,25)(H2,21,26,27). The van der Waals surface area contributed by atoms with E-state index in [4.69, 9.17) is 33.5 Å². The molecule has 2 aliphatic rings. The molecule has 2 aromatic rings. The van der Waals surface area contributed by atoms with Crippen LogP contribution in [0.4, 0.5) is 0 Å². The summed E-state index contributed by atoms with van der Waals surface area (Å²) in [5.74, 6) is 1.38. The molecule has 8 nitrogen and oxygen atoms in total. The Hall–Kier alpha value is -0.540. The van der Waals surface area contributed by atoms with Gasteiger partial charge in [-0.1, -0.05) is 23.2 Å². The topological polar surface area (TPSA) is 127 Å². The number of sulfonamides is 2. The molecule has 2 aromatic carbocycles. The molecule has 0 aliphatic carbocycles. The average Bonchev–Trinajstić information content (AvgIpc) is 2.67. The predicted octanol–water partition coefficient (Wildman–Crippen LogP) is 2.68. The highest BCUT2D eigenvalue weighted by atomic mass is 35.5. The van der Waals surface area contributed by atoms with Crippen LogP contribution in [-0.4, -0.2) is 45.1 Å². The van der Waals surface area contributed by atoms with Crippen LogP contribution in [0.5, 0.6) is 0 Å². The van der Waals surface area contributed by atoms with E-state index in [1.807, 2.05) is 0 Å². The molecule has 0 fully saturated rings. The van der Waals surface area contributed by atoms with Gasteiger partial charge in [0.05, 0.1) is 28.5 Å². The smallest absolute Gasteiger partial charge is 0.239 e. The van der Waals surface area contributed by atoms with Gasteiger partial charge in [0.15, 0.2) is 0 Å². The first-order valence-corrected chi connectivity index (χ1v) is 14.7. The number of halogens is 2. The van der Waals surface area contributed by atoms with Crippen molar-refractivity contribution in [3.63, 3.8) is 0 Å². The van der Waals surface area contributed by atoms with E-state index in [1.54, 1.807) is 35.7 Å². The number of nitrogens with zero attached hydrogens (tertiary/aromatic N) is 2. The second kappa shape index (κ2) is 8.67. The molecule has 168 valence electrons. The SMILES string of the molecule is NS(=O)(=O)c1ccc2c(c1Cl)CN(CN1CSc3ccc(S(N)(=O)=O)c(Cl)c3C1)CS2. The molecule has 0 aromatic heterocycles. The molecule has 14 heteroatoms. The normalized spacial score (nSPS) is 17.9. The summed E-state index contributed by atoms with van der Waals surface area (Å²) in [6.07, 6.45) is 0. The number of hydrogen-bond acceptors (Lipinski definition) is 8. The molecule has 31 heavy (non-hydrogen) atoms. The van der Waals surface area contributed by atoms with Crippen LogP contribution in [0.15, 0.2) is 43.8 Å². The second-order valence-electron chi connectivity index (χ2n) is 7.14. The second-order valence-corrected chi connectivity index (χ2v) is 12.9. The van der Waals surface area contributed by atoms with Crippen molar-refractivity contribution in [3.05, 3.63) is 45.4 Å². The minimum atomic E-state index is -3.91. The third-order valence-corrected chi connectivity index (χ3v) is 10.3. The lowest BCUT2D eigenvalue weighted by Gasteiger charge is -2.36. The zero-order valence-corrected chi connectivity index (χ0v) is 20.7. The average molecular weight is 542 g/mol. The molecule has 4 N–H and O–H groups in total. The molecule has 0 bridgehead atoms. The van der Waals surface area contributed by atoms with Crippen LogP contribution in [0.3, 0.4) is 0 Å². The molecule has 0 spiro atoms. The van der Waals surface area contributed by atoms with Gasteiger partial charge in [-0.05, 0) is 35.4 Å². The Labute approximate surface area is 199 Å². The van der Waals surface area contributed by atoms with Gasteiger partial charge in [0.25, 0.3) is 0 Å². The van der Waals surface area contributed by atoms with E-state index >= 15 is 0 Å². The van der Waals surface area contributed by atoms with Gasteiger partial charge in [0, 0.05) is 22.9 Å². The van der Waals surface area contributed by atoms with Crippen molar-refractivity contribution in [2.24, 2.45) is 10.3 Å². The number of rotatable bonds is 4. The van der Waals surface area contributed by atoms with Crippen LogP contribution < -0.4 is 10.3 Å². The van der Waals surface area contributed by atoms with Gasteiger partial charge in [-0.2, -0.15) is 0 Å². The van der Waals surface area contributed by atoms with E-state index in [0.717, 1.165) is 20.9 Å². The summed E-state index contributed by atoms with van der Waals surface area (Å²) < 4.78 is 47.1. The first kappa shape index (κ1) is 23.6. The Balaban J connectivity index is 1.54. The van der Waals surface area contributed by atoms with E-state index in [-0.39, 0.29) is 19.8 Å². The molecule has 0 unspecified atom stereocenters. The summed E-state index contributed by atoms with van der Waals surface area (Å²) in [4.78, 5) is 5.92. The fourth-order valence-electron chi connectivity index (χ4n) is 3.49. The fourth-order valence-corrected chi connectivity index (χ4v) is 7.96. The van der Waals surface area contributed by atoms with Gasteiger partial charge in [0.1, 0.15) is 9.79 Å². The van der Waals surface area contributed by atoms with E-state index < -0.39 is 20.0 Å². The Morgan fingerprint density at radius 1 is 0.774 bits per heavy atom. The Kier molecular flexibility index (Phi) is 6.60. The van der Waals surface area contributed by atoms with E-state index in [0.29, 0.717) is 31.5 Å². The molecule has 0 amide bonds. The number of benzene rings is 2. The lowest BCUT2D eigenvalue weighted by Crippen LogP contribution is -2.39. The number of nitrogens with two attached hydrogens (primary N) is 2. The molecular formula is C17H18Cl2N4O4S4. The van der Waals surface area contributed by atoms with Crippen LogP contribution >= 0.6 is 46.7 Å². The number of hydrogen-bond donors (Lipinski definition) is 2. The minimum Gasteiger partial charge on any atom is -0.276 e. The lowest BCUT2D eigenvalue weighted by atomic mass is 10.2. The summed E-state index contributed by atoms with van der Waals surface area (Å²) in [5.41, 5.74) is 1.45. The monoisotopic (exact) mass is 540 g/mol. The highest BCUT2D eigenvalue weighted by Gasteiger charge is 2.28. The molecule has 4 rings (SSSR count). The first-order chi connectivity index (χ1) is 14.4. The maximum atomic E-state index is 11.8. The van der Waals surface area contributed by atoms with E-state index in [9.17, 15) is 16.8 Å². The van der Waals surface area contributed by atoms with Gasteiger partial charge < -0.3 is 0 Å². The third-order valence-electron chi connectivity index (χ3n) is 4.91. The van der Waals surface area contributed by atoms with Crippen molar-refractivity contribution in [1.29, 1.82) is 0 Å². The summed E-state index contributed by atoms with van der Waals surface area (Å²) in [6.45, 7) is 1.48. The molecule has 0 saturated heterocycles. The van der Waals surface area contributed by atoms with Crippen molar-refractivity contribution >= 4 is 66.8 Å². The number of primary sulfonamides is 2. The summed E-state index contributed by atoms with van der Waals surface area (Å²) in [5, 5.41) is 10.8. The molecule has 0 atom stereocenters. The molecular weight excluding hydrogens is 523 g/mol. The predicted molar refractivity (Wildman–Crippen MR) is 123 cm³/mol. The van der Waals surface area contributed by atoms with Crippen LogP contribution in [0.1, 0.15) is 11.1 Å². The van der Waals surface area contributed by atoms with Crippen LogP contribution in [0, 0.1) is 0 Å². The van der Waals surface area contributed by atoms with E-state index in [1.165, 1.54) is 12.1 Å². The van der Waals surface area contributed by atoms with Crippen molar-refractivity contribution in [1.82, 2.24) is 9.80 Å². The maximum absolute atomic E-state index is 11.8. The maximum Gasteiger partial charge on any atom is 0.239 e. The summed E-state index contributed by atoms with van der Waals surface area (Å²) in [7, 11) is -7.83. The van der Waals surface area contributed by atoms with Crippen molar-refractivity contribution in [2.45, 2.75) is 32.7 Å². The van der Waals surface area contributed by atoms with Gasteiger partial charge >= 0.3 is 0 Å². The Morgan fingerprint density at radius 3 is 1.52 bits per heavy atom. The van der Waals surface area contributed by atoms with Gasteiger partial charge in [-0.3, -0.25) is 9.80 Å². The summed E-state index contributed by atoms with van der Waals surface area (Å²) >= 11 is 15.9. The van der Waals surface area contributed by atoms with Crippen LogP contribution in [-0.2, 0) is 33.1 Å². The van der Waals surface area contributed by atoms with Crippen LogP contribution in [0.2, 0.25) is 10.0 Å². The summed E-state index contributed by atoms with van der Waals surface area (Å²) in [6, 6.07) is 6.32. The fraction of sp³-hybridized carbons (Fsp3) is 0.294. The minimum absolute atomic E-state index is 0.0832. The van der Waals surface area contributed by atoms with Crippen molar-refractivity contribution < 1.29 is 16.8 Å². The first-order valence-electron chi connectivity index (χ1n) is 8.84. The highest BCUT2D eigenvalue weighted by molar-refractivity contribution is 7.99. The zero-order chi connectivity index (χ0) is 22.6. The van der Waals surface area contributed by atoms with Gasteiger partial charge in [-0.25, -0.2) is 27.1 Å². The van der Waals surface area contributed by atoms with Crippen LogP contribution in [0.25, 0.3) is 0 Å². The van der Waals surface area contributed by atoms with E-state index in [2.05, 4.69) is 9.80 Å². The van der Waals surface area contributed by atoms with Crippen molar-refractivity contribution in [2.75, 3.05) is 18.4 Å².